The lowest BCUT2D eigenvalue weighted by atomic mass is 9.63. The lowest BCUT2D eigenvalue weighted by molar-refractivity contribution is -0.161. The van der Waals surface area contributed by atoms with E-state index in [1.807, 2.05) is 56.3 Å². The van der Waals surface area contributed by atoms with Crippen molar-refractivity contribution in [1.29, 1.82) is 0 Å². The number of carbonyl (C=O) groups is 2. The van der Waals surface area contributed by atoms with Crippen molar-refractivity contribution in [3.8, 4) is 28.7 Å². The van der Waals surface area contributed by atoms with Gasteiger partial charge in [0.25, 0.3) is 0 Å². The number of hydrogen-bond acceptors (Lipinski definition) is 9. The molecule has 4 aromatic rings. The third kappa shape index (κ3) is 7.34. The first-order valence-corrected chi connectivity index (χ1v) is 18.2. The second-order valence-electron chi connectivity index (χ2n) is 14.7. The fraction of sp³-hybridized carbons (Fsp3) is 0.386. The number of methoxy groups -OCH3 is 3. The minimum Gasteiger partial charge on any atom is -0.497 e. The summed E-state index contributed by atoms with van der Waals surface area (Å²) in [5.41, 5.74) is 3.94. The number of hydrogen-bond donors (Lipinski definition) is 0. The van der Waals surface area contributed by atoms with Gasteiger partial charge in [-0.2, -0.15) is 0 Å². The molecular weight excluding hydrogens is 670 g/mol. The number of aliphatic imine (C=N–C) groups is 1. The molecule has 0 saturated carbocycles. The Balaban J connectivity index is 1.14. The van der Waals surface area contributed by atoms with Gasteiger partial charge >= 0.3 is 11.9 Å². The zero-order valence-corrected chi connectivity index (χ0v) is 31.7. The van der Waals surface area contributed by atoms with E-state index in [-0.39, 0.29) is 18.5 Å². The number of unbranched alkanes of at least 4 members (excludes halogenated alkanes) is 1. The van der Waals surface area contributed by atoms with E-state index in [0.717, 1.165) is 62.4 Å². The first kappa shape index (κ1) is 37.4. The topological polar surface area (TPSA) is 102 Å². The quantitative estimate of drug-likeness (QED) is 0.0939. The Bertz CT molecular complexity index is 1950. The first-order chi connectivity index (χ1) is 25.5. The van der Waals surface area contributed by atoms with Crippen LogP contribution >= 0.6 is 0 Å². The Morgan fingerprint density at radius 1 is 0.755 bits per heavy atom. The summed E-state index contributed by atoms with van der Waals surface area (Å²) in [7, 11) is 4.68. The Morgan fingerprint density at radius 2 is 1.36 bits per heavy atom. The third-order valence-corrected chi connectivity index (χ3v) is 10.6. The molecule has 2 aliphatic heterocycles. The van der Waals surface area contributed by atoms with Crippen molar-refractivity contribution in [2.45, 2.75) is 65.2 Å². The minimum atomic E-state index is -0.789. The van der Waals surface area contributed by atoms with Gasteiger partial charge in [-0.3, -0.25) is 14.6 Å². The Hall–Kier alpha value is -5.31. The molecule has 1 atom stereocenters. The predicted octanol–water partition coefficient (Wildman–Crippen LogP) is 9.38. The molecule has 4 aromatic carbocycles. The molecule has 9 heteroatoms. The molecule has 6 rings (SSSR count). The largest absolute Gasteiger partial charge is 0.497 e. The molecule has 0 N–H and O–H groups in total. The molecule has 278 valence electrons. The maximum Gasteiger partial charge on any atom is 0.311 e. The van der Waals surface area contributed by atoms with Crippen LogP contribution in [0.5, 0.6) is 28.7 Å². The van der Waals surface area contributed by atoms with Gasteiger partial charge in [0.05, 0.1) is 56.5 Å². The molecular formula is C44H49NO8. The summed E-state index contributed by atoms with van der Waals surface area (Å²) < 4.78 is 34.4. The smallest absolute Gasteiger partial charge is 0.311 e. The minimum absolute atomic E-state index is 0.287. The van der Waals surface area contributed by atoms with E-state index in [1.165, 1.54) is 7.11 Å². The number of carbonyl (C=O) groups excluding carboxylic acids is 2. The van der Waals surface area contributed by atoms with E-state index in [0.29, 0.717) is 38.7 Å². The number of fused-ring (bicyclic) bond motifs is 6. The number of nitrogens with zero attached hydrogens (tertiary/aromatic N) is 1. The van der Waals surface area contributed by atoms with Crippen LogP contribution in [-0.4, -0.2) is 52.2 Å². The monoisotopic (exact) mass is 719 g/mol. The van der Waals surface area contributed by atoms with Gasteiger partial charge in [-0.1, -0.05) is 37.3 Å². The lowest BCUT2D eigenvalue weighted by Gasteiger charge is -2.43. The zero-order valence-electron chi connectivity index (χ0n) is 31.7. The predicted molar refractivity (Wildman–Crippen MR) is 204 cm³/mol. The van der Waals surface area contributed by atoms with Crippen molar-refractivity contribution in [3.05, 3.63) is 107 Å². The highest BCUT2D eigenvalue weighted by Gasteiger charge is 2.48. The van der Waals surface area contributed by atoms with Gasteiger partial charge in [0, 0.05) is 35.4 Å². The average Bonchev–Trinajstić information content (AvgIpc) is 3.18. The fourth-order valence-corrected chi connectivity index (χ4v) is 7.65. The maximum atomic E-state index is 13.0. The Kier molecular flexibility index (Phi) is 10.8. The van der Waals surface area contributed by atoms with Crippen LogP contribution in [0.3, 0.4) is 0 Å². The van der Waals surface area contributed by atoms with Gasteiger partial charge in [0.15, 0.2) is 0 Å². The van der Waals surface area contributed by atoms with Gasteiger partial charge in [-0.15, -0.1) is 0 Å². The van der Waals surface area contributed by atoms with Crippen molar-refractivity contribution < 1.29 is 38.0 Å². The molecule has 53 heavy (non-hydrogen) atoms. The summed E-state index contributed by atoms with van der Waals surface area (Å²) in [5, 5.41) is 0. The van der Waals surface area contributed by atoms with Crippen molar-refractivity contribution in [2.24, 2.45) is 15.8 Å². The molecule has 0 amide bonds. The number of benzene rings is 4. The van der Waals surface area contributed by atoms with Crippen LogP contribution in [0.15, 0.2) is 89.9 Å². The van der Waals surface area contributed by atoms with Crippen LogP contribution in [0.25, 0.3) is 0 Å². The average molecular weight is 720 g/mol. The van der Waals surface area contributed by atoms with Crippen molar-refractivity contribution in [3.63, 3.8) is 0 Å². The summed E-state index contributed by atoms with van der Waals surface area (Å²) in [4.78, 5) is 30.4. The van der Waals surface area contributed by atoms with Crippen LogP contribution in [0.2, 0.25) is 0 Å². The van der Waals surface area contributed by atoms with E-state index in [4.69, 9.17) is 33.4 Å². The maximum absolute atomic E-state index is 13.0. The standard InChI is InChI=1S/C44H49NO8/c1-8-43(4,28-42(2,3)40(46)50-7)41(47)52-24-12-11-23-51-30-17-15-29(16-18-30)37-27-44(33-13-9-10-14-36(33)45-37)34-21-19-31(48-5)25-38(34)53-39-26-32(49-6)20-22-35(39)44/h9-10,13-22,25-26H,8,11-12,23-24,27-28H2,1-7H3. The summed E-state index contributed by atoms with van der Waals surface area (Å²) >= 11 is 0. The van der Waals surface area contributed by atoms with E-state index in [2.05, 4.69) is 42.5 Å². The van der Waals surface area contributed by atoms with Crippen LogP contribution in [0.4, 0.5) is 5.69 Å². The molecule has 0 aliphatic carbocycles. The van der Waals surface area contributed by atoms with E-state index in [9.17, 15) is 9.59 Å². The molecule has 0 saturated heterocycles. The molecule has 0 bridgehead atoms. The second kappa shape index (κ2) is 15.3. The van der Waals surface area contributed by atoms with E-state index >= 15 is 0 Å². The SMILES string of the molecule is CCC(C)(CC(C)(C)C(=O)OC)C(=O)OCCCCOc1ccc(C2=Nc3ccccc3C3(C2)c2ccc(OC)cc2Oc2cc(OC)ccc23)cc1. The molecule has 2 aliphatic rings. The number of para-hydroxylation sites is 1. The highest BCUT2D eigenvalue weighted by molar-refractivity contribution is 6.05. The van der Waals surface area contributed by atoms with Crippen LogP contribution in [0, 0.1) is 10.8 Å². The van der Waals surface area contributed by atoms with Crippen molar-refractivity contribution >= 4 is 23.3 Å². The second-order valence-corrected chi connectivity index (χ2v) is 14.7. The van der Waals surface area contributed by atoms with Crippen molar-refractivity contribution in [2.75, 3.05) is 34.5 Å². The van der Waals surface area contributed by atoms with Crippen LogP contribution in [-0.2, 0) is 24.5 Å². The molecule has 0 aromatic heterocycles. The lowest BCUT2D eigenvalue weighted by Crippen LogP contribution is -2.38. The number of esters is 2. The first-order valence-electron chi connectivity index (χ1n) is 18.2. The highest BCUT2D eigenvalue weighted by Crippen LogP contribution is 2.58. The molecule has 1 spiro atoms. The van der Waals surface area contributed by atoms with Gasteiger partial charge in [0.2, 0.25) is 0 Å². The summed E-state index contributed by atoms with van der Waals surface area (Å²) in [5.74, 6) is 3.03. The van der Waals surface area contributed by atoms with Gasteiger partial charge in [-0.05, 0) is 100 Å². The normalized spacial score (nSPS) is 15.0. The number of rotatable bonds is 14. The Labute approximate surface area is 312 Å². The highest BCUT2D eigenvalue weighted by atomic mass is 16.5. The van der Waals surface area contributed by atoms with Gasteiger partial charge in [0.1, 0.15) is 28.7 Å². The fourth-order valence-electron chi connectivity index (χ4n) is 7.65. The third-order valence-electron chi connectivity index (χ3n) is 10.6. The summed E-state index contributed by atoms with van der Waals surface area (Å²) in [6, 6.07) is 28.5. The molecule has 0 fully saturated rings. The summed E-state index contributed by atoms with van der Waals surface area (Å²) in [6.45, 7) is 8.14. The van der Waals surface area contributed by atoms with Gasteiger partial charge in [-0.25, -0.2) is 0 Å². The molecule has 1 unspecified atom stereocenters. The summed E-state index contributed by atoms with van der Waals surface area (Å²) in [6.07, 6.45) is 2.90. The number of ether oxygens (including phenoxy) is 6. The Morgan fingerprint density at radius 3 is 1.96 bits per heavy atom. The van der Waals surface area contributed by atoms with Gasteiger partial charge < -0.3 is 28.4 Å². The molecule has 9 nitrogen and oxygen atoms in total. The van der Waals surface area contributed by atoms with Crippen molar-refractivity contribution in [1.82, 2.24) is 0 Å². The van der Waals surface area contributed by atoms with E-state index in [1.54, 1.807) is 28.1 Å². The van der Waals surface area contributed by atoms with Crippen LogP contribution < -0.4 is 18.9 Å². The molecule has 2 heterocycles. The van der Waals surface area contributed by atoms with Crippen LogP contribution in [0.1, 0.15) is 82.1 Å². The van der Waals surface area contributed by atoms with E-state index < -0.39 is 16.2 Å². The molecule has 0 radical (unpaired) electrons. The zero-order chi connectivity index (χ0) is 37.8.